The number of aldehydes is 1. The molecule has 3 atom stereocenters. The van der Waals surface area contributed by atoms with E-state index in [1.54, 1.807) is 0 Å². The van der Waals surface area contributed by atoms with E-state index in [9.17, 15) is 4.79 Å². The lowest BCUT2D eigenvalue weighted by molar-refractivity contribution is -0.150. The molecule has 0 aromatic heterocycles. The molecule has 1 aliphatic heterocycles. The normalized spacial score (nSPS) is 25.8. The lowest BCUT2D eigenvalue weighted by Crippen LogP contribution is -2.44. The lowest BCUT2D eigenvalue weighted by atomic mass is 10.0. The number of carbonyl (C=O) groups excluding carboxylic acids is 1. The van der Waals surface area contributed by atoms with Crippen molar-refractivity contribution in [3.8, 4) is 12.3 Å². The van der Waals surface area contributed by atoms with Gasteiger partial charge in [-0.1, -0.05) is 20.8 Å². The van der Waals surface area contributed by atoms with E-state index in [1.807, 2.05) is 13.8 Å². The highest BCUT2D eigenvalue weighted by Crippen LogP contribution is 2.38. The van der Waals surface area contributed by atoms with Gasteiger partial charge in [0.05, 0.1) is 12.2 Å². The van der Waals surface area contributed by atoms with Crippen LogP contribution in [0.5, 0.6) is 0 Å². The smallest absolute Gasteiger partial charge is 0.192 e. The first-order valence-electron chi connectivity index (χ1n) is 8.34. The first-order chi connectivity index (χ1) is 10.4. The van der Waals surface area contributed by atoms with Crippen molar-refractivity contribution >= 4 is 14.6 Å². The maximum Gasteiger partial charge on any atom is 0.192 e. The molecule has 0 bridgehead atoms. The minimum Gasteiger partial charge on any atom is -0.413 e. The average Bonchev–Trinajstić information content (AvgIpc) is 2.69. The molecule has 5 heteroatoms. The van der Waals surface area contributed by atoms with Crippen LogP contribution in [0.25, 0.3) is 0 Å². The maximum atomic E-state index is 11.2. The van der Waals surface area contributed by atoms with E-state index in [2.05, 4.69) is 39.8 Å². The van der Waals surface area contributed by atoms with Crippen LogP contribution in [0, 0.1) is 12.3 Å². The van der Waals surface area contributed by atoms with Crippen LogP contribution in [0.4, 0.5) is 0 Å². The summed E-state index contributed by atoms with van der Waals surface area (Å²) in [4.78, 5) is 11.2. The van der Waals surface area contributed by atoms with Gasteiger partial charge >= 0.3 is 0 Å². The predicted octanol–water partition coefficient (Wildman–Crippen LogP) is 3.90. The topological polar surface area (TPSA) is 44.8 Å². The van der Waals surface area contributed by atoms with Gasteiger partial charge < -0.3 is 18.7 Å². The maximum absolute atomic E-state index is 11.2. The number of carbonyl (C=O) groups is 1. The summed E-state index contributed by atoms with van der Waals surface area (Å²) in [5, 5.41) is 0.139. The highest BCUT2D eigenvalue weighted by molar-refractivity contribution is 6.74. The molecular weight excluding hydrogens is 308 g/mol. The van der Waals surface area contributed by atoms with E-state index in [1.165, 1.54) is 0 Å². The number of rotatable bonds is 7. The van der Waals surface area contributed by atoms with Gasteiger partial charge in [0.25, 0.3) is 0 Å². The van der Waals surface area contributed by atoms with Crippen LogP contribution in [-0.2, 0) is 18.7 Å². The van der Waals surface area contributed by atoms with E-state index in [4.69, 9.17) is 20.3 Å². The summed E-state index contributed by atoms with van der Waals surface area (Å²) in [5.74, 6) is 2.00. The Morgan fingerprint density at radius 3 is 2.43 bits per heavy atom. The minimum atomic E-state index is -1.87. The molecule has 0 aromatic carbocycles. The SMILES string of the molecule is C#CCC(CC[C@@H]1OC(C)(C)O[C@@H]1C=O)O[Si](C)(C)C(C)(C)C. The monoisotopic (exact) mass is 340 g/mol. The third-order valence-corrected chi connectivity index (χ3v) is 9.28. The van der Waals surface area contributed by atoms with Crippen molar-refractivity contribution in [2.75, 3.05) is 0 Å². The van der Waals surface area contributed by atoms with Gasteiger partial charge in [-0.2, -0.15) is 0 Å². The van der Waals surface area contributed by atoms with Crippen LogP contribution >= 0.6 is 0 Å². The highest BCUT2D eigenvalue weighted by Gasteiger charge is 2.42. The average molecular weight is 341 g/mol. The second-order valence-electron chi connectivity index (χ2n) is 8.26. The molecular formula is C18H32O4Si. The van der Waals surface area contributed by atoms with Crippen molar-refractivity contribution < 1.29 is 18.7 Å². The zero-order valence-corrected chi connectivity index (χ0v) is 16.6. The van der Waals surface area contributed by atoms with Gasteiger partial charge in [-0.05, 0) is 44.8 Å². The first-order valence-corrected chi connectivity index (χ1v) is 11.2. The minimum absolute atomic E-state index is 0.000468. The van der Waals surface area contributed by atoms with E-state index in [0.717, 1.165) is 12.7 Å². The Bertz CT molecular complexity index is 445. The van der Waals surface area contributed by atoms with Crippen molar-refractivity contribution in [3.05, 3.63) is 0 Å². The predicted molar refractivity (Wildman–Crippen MR) is 94.6 cm³/mol. The quantitative estimate of drug-likeness (QED) is 0.400. The summed E-state index contributed by atoms with van der Waals surface area (Å²) in [7, 11) is -1.87. The first kappa shape index (κ1) is 20.4. The fourth-order valence-corrected chi connectivity index (χ4v) is 3.87. The number of hydrogen-bond donors (Lipinski definition) is 0. The van der Waals surface area contributed by atoms with E-state index in [-0.39, 0.29) is 17.2 Å². The van der Waals surface area contributed by atoms with Crippen LogP contribution < -0.4 is 0 Å². The Kier molecular flexibility index (Phi) is 6.62. The second-order valence-corrected chi connectivity index (χ2v) is 13.0. The molecule has 0 N–H and O–H groups in total. The zero-order chi connectivity index (χ0) is 17.9. The largest absolute Gasteiger partial charge is 0.413 e. The molecule has 1 fully saturated rings. The number of terminal acetylenes is 1. The molecule has 1 heterocycles. The van der Waals surface area contributed by atoms with Gasteiger partial charge in [0.1, 0.15) is 6.10 Å². The second kappa shape index (κ2) is 7.48. The Balaban J connectivity index is 2.67. The molecule has 1 rings (SSSR count). The van der Waals surface area contributed by atoms with Crippen LogP contribution in [-0.4, -0.2) is 38.7 Å². The Labute approximate surface area is 142 Å². The van der Waals surface area contributed by atoms with Crippen LogP contribution in [0.1, 0.15) is 53.9 Å². The summed E-state index contributed by atoms with van der Waals surface area (Å²) in [6.45, 7) is 14.7. The summed E-state index contributed by atoms with van der Waals surface area (Å²) in [6, 6.07) is 0. The fraction of sp³-hybridized carbons (Fsp3) is 0.833. The van der Waals surface area contributed by atoms with E-state index in [0.29, 0.717) is 12.8 Å². The van der Waals surface area contributed by atoms with Crippen molar-refractivity contribution in [1.29, 1.82) is 0 Å². The fourth-order valence-electron chi connectivity index (χ4n) is 2.48. The van der Waals surface area contributed by atoms with Crippen LogP contribution in [0.2, 0.25) is 18.1 Å². The third kappa shape index (κ3) is 5.72. The third-order valence-electron chi connectivity index (χ3n) is 4.74. The molecule has 132 valence electrons. The molecule has 0 aromatic rings. The number of hydrogen-bond acceptors (Lipinski definition) is 4. The molecule has 0 saturated carbocycles. The Morgan fingerprint density at radius 2 is 1.96 bits per heavy atom. The zero-order valence-electron chi connectivity index (χ0n) is 15.6. The Hall–Kier alpha value is -0.673. The van der Waals surface area contributed by atoms with E-state index >= 15 is 0 Å². The summed E-state index contributed by atoms with van der Waals surface area (Å²) in [6.07, 6.45) is 7.64. The van der Waals surface area contributed by atoms with Gasteiger partial charge in [-0.15, -0.1) is 12.3 Å². The Morgan fingerprint density at radius 1 is 1.35 bits per heavy atom. The lowest BCUT2D eigenvalue weighted by Gasteiger charge is -2.39. The van der Waals surface area contributed by atoms with Crippen LogP contribution in [0.3, 0.4) is 0 Å². The molecule has 0 amide bonds. The van der Waals surface area contributed by atoms with Gasteiger partial charge in [0.15, 0.2) is 20.4 Å². The van der Waals surface area contributed by atoms with Crippen molar-refractivity contribution in [3.63, 3.8) is 0 Å². The van der Waals surface area contributed by atoms with Crippen molar-refractivity contribution in [2.45, 2.75) is 96.1 Å². The van der Waals surface area contributed by atoms with Crippen molar-refractivity contribution in [1.82, 2.24) is 0 Å². The summed E-state index contributed by atoms with van der Waals surface area (Å²) in [5.41, 5.74) is 0. The molecule has 1 aliphatic rings. The highest BCUT2D eigenvalue weighted by atomic mass is 28.4. The van der Waals surface area contributed by atoms with Crippen molar-refractivity contribution in [2.24, 2.45) is 0 Å². The van der Waals surface area contributed by atoms with Gasteiger partial charge in [0.2, 0.25) is 0 Å². The molecule has 0 radical (unpaired) electrons. The van der Waals surface area contributed by atoms with Crippen LogP contribution in [0.15, 0.2) is 0 Å². The van der Waals surface area contributed by atoms with E-state index < -0.39 is 20.2 Å². The number of ether oxygens (including phenoxy) is 2. The van der Waals surface area contributed by atoms with Gasteiger partial charge in [-0.3, -0.25) is 0 Å². The van der Waals surface area contributed by atoms with Gasteiger partial charge in [0, 0.05) is 6.42 Å². The molecule has 23 heavy (non-hydrogen) atoms. The summed E-state index contributed by atoms with van der Waals surface area (Å²) >= 11 is 0. The standard InChI is InChI=1S/C18H32O4Si/c1-9-10-14(22-23(7,8)17(2,3)4)11-12-15-16(13-19)21-18(5,6)20-15/h1,13-16H,10-12H2,2-8H3/t14?,15-,16+/m0/s1. The van der Waals surface area contributed by atoms with Gasteiger partial charge in [-0.25, -0.2) is 0 Å². The molecule has 4 nitrogen and oxygen atoms in total. The molecule has 0 spiro atoms. The summed E-state index contributed by atoms with van der Waals surface area (Å²) < 4.78 is 17.9. The molecule has 1 unspecified atom stereocenters. The molecule has 1 saturated heterocycles. The molecule has 0 aliphatic carbocycles.